The lowest BCUT2D eigenvalue weighted by atomic mass is 10.2. The maximum absolute atomic E-state index is 12.6. The minimum Gasteiger partial charge on any atom is -0.372 e. The highest BCUT2D eigenvalue weighted by molar-refractivity contribution is 7.99. The van der Waals surface area contributed by atoms with Gasteiger partial charge in [-0.25, -0.2) is 0 Å². The molecular weight excluding hydrogens is 454 g/mol. The van der Waals surface area contributed by atoms with Crippen LogP contribution in [0.3, 0.4) is 0 Å². The molecule has 2 aliphatic rings. The first kappa shape index (κ1) is 22.4. The van der Waals surface area contributed by atoms with E-state index in [1.807, 2.05) is 12.1 Å². The van der Waals surface area contributed by atoms with Crippen LogP contribution in [0.5, 0.6) is 0 Å². The van der Waals surface area contributed by atoms with Crippen molar-refractivity contribution in [2.24, 2.45) is 0 Å². The number of nitrogens with zero attached hydrogens (tertiary/aromatic N) is 4. The standard InChI is InChI=1S/C24H29N5O2S2/c1-16-13-28(14-17(2)31-16)19-7-5-18(6-8-19)25-23(30)15-33-24-27-26-22(29(24)20-9-10-20)12-21-4-3-11-32-21/h3-8,11,16-17,20H,9-10,12-15H2,1-2H3,(H,25,30). The molecule has 2 unspecified atom stereocenters. The van der Waals surface area contributed by atoms with Crippen LogP contribution in [0.1, 0.15) is 43.4 Å². The van der Waals surface area contributed by atoms with Crippen LogP contribution in [0.15, 0.2) is 46.9 Å². The third-order valence-corrected chi connectivity index (χ3v) is 7.65. The molecule has 33 heavy (non-hydrogen) atoms. The second-order valence-corrected chi connectivity index (χ2v) is 10.8. The molecule has 2 atom stereocenters. The van der Waals surface area contributed by atoms with Gasteiger partial charge in [0.2, 0.25) is 5.91 Å². The molecule has 7 nitrogen and oxygen atoms in total. The van der Waals surface area contributed by atoms with Gasteiger partial charge in [-0.05, 0) is 62.4 Å². The normalized spacial score (nSPS) is 20.7. The molecule has 2 fully saturated rings. The van der Waals surface area contributed by atoms with Crippen LogP contribution < -0.4 is 10.2 Å². The number of morpholine rings is 1. The molecule has 1 N–H and O–H groups in total. The van der Waals surface area contributed by atoms with Gasteiger partial charge in [0.25, 0.3) is 0 Å². The molecule has 1 saturated carbocycles. The number of thioether (sulfide) groups is 1. The van der Waals surface area contributed by atoms with Crippen LogP contribution in [0.4, 0.5) is 11.4 Å². The summed E-state index contributed by atoms with van der Waals surface area (Å²) in [4.78, 5) is 16.2. The Morgan fingerprint density at radius 1 is 1.15 bits per heavy atom. The average molecular weight is 484 g/mol. The lowest BCUT2D eigenvalue weighted by Crippen LogP contribution is -2.45. The zero-order chi connectivity index (χ0) is 22.8. The SMILES string of the molecule is CC1CN(c2ccc(NC(=O)CSc3nnc(Cc4cccs4)n3C3CC3)cc2)CC(C)O1. The third-order valence-electron chi connectivity index (χ3n) is 5.83. The fraction of sp³-hybridized carbons (Fsp3) is 0.458. The number of carbonyl (C=O) groups excluding carboxylic acids is 1. The highest BCUT2D eigenvalue weighted by Crippen LogP contribution is 2.39. The third kappa shape index (κ3) is 5.59. The van der Waals surface area contributed by atoms with Gasteiger partial charge in [-0.1, -0.05) is 17.8 Å². The monoisotopic (exact) mass is 483 g/mol. The fourth-order valence-electron chi connectivity index (χ4n) is 4.27. The van der Waals surface area contributed by atoms with E-state index >= 15 is 0 Å². The van der Waals surface area contributed by atoms with Crippen LogP contribution in [0.2, 0.25) is 0 Å². The number of rotatable bonds is 8. The minimum absolute atomic E-state index is 0.0356. The smallest absolute Gasteiger partial charge is 0.234 e. The number of thiophene rings is 1. The van der Waals surface area contributed by atoms with Crippen molar-refractivity contribution >= 4 is 40.4 Å². The van der Waals surface area contributed by atoms with Gasteiger partial charge in [-0.15, -0.1) is 21.5 Å². The first-order valence-corrected chi connectivity index (χ1v) is 13.3. The summed E-state index contributed by atoms with van der Waals surface area (Å²) in [6, 6.07) is 12.7. The Kier molecular flexibility index (Phi) is 6.71. The number of nitrogens with one attached hydrogen (secondary N) is 1. The van der Waals surface area contributed by atoms with Crippen molar-refractivity contribution in [1.82, 2.24) is 14.8 Å². The van der Waals surface area contributed by atoms with E-state index in [4.69, 9.17) is 4.74 Å². The van der Waals surface area contributed by atoms with E-state index in [1.54, 1.807) is 11.3 Å². The van der Waals surface area contributed by atoms with Crippen molar-refractivity contribution < 1.29 is 9.53 Å². The zero-order valence-corrected chi connectivity index (χ0v) is 20.6. The van der Waals surface area contributed by atoms with E-state index in [9.17, 15) is 4.79 Å². The molecule has 1 aliphatic carbocycles. The van der Waals surface area contributed by atoms with Gasteiger partial charge in [0.05, 0.1) is 18.0 Å². The predicted octanol–water partition coefficient (Wildman–Crippen LogP) is 4.61. The van der Waals surface area contributed by atoms with E-state index in [0.29, 0.717) is 11.8 Å². The first-order chi connectivity index (χ1) is 16.0. The van der Waals surface area contributed by atoms with Gasteiger partial charge in [0, 0.05) is 41.8 Å². The molecule has 1 amide bonds. The Bertz CT molecular complexity index is 1070. The van der Waals surface area contributed by atoms with Crippen molar-refractivity contribution in [1.29, 1.82) is 0 Å². The minimum atomic E-state index is -0.0356. The largest absolute Gasteiger partial charge is 0.372 e. The topological polar surface area (TPSA) is 72.3 Å². The van der Waals surface area contributed by atoms with Crippen molar-refractivity contribution in [3.05, 3.63) is 52.5 Å². The maximum atomic E-state index is 12.6. The molecule has 5 rings (SSSR count). The number of hydrogen-bond donors (Lipinski definition) is 1. The lowest BCUT2D eigenvalue weighted by molar-refractivity contribution is -0.113. The van der Waals surface area contributed by atoms with Crippen molar-refractivity contribution in [2.75, 3.05) is 29.1 Å². The zero-order valence-electron chi connectivity index (χ0n) is 18.9. The summed E-state index contributed by atoms with van der Waals surface area (Å²) in [6.07, 6.45) is 3.54. The van der Waals surface area contributed by atoms with E-state index in [1.165, 1.54) is 16.6 Å². The molecule has 174 valence electrons. The van der Waals surface area contributed by atoms with E-state index in [0.717, 1.165) is 54.7 Å². The van der Waals surface area contributed by atoms with E-state index in [-0.39, 0.29) is 18.1 Å². The quantitative estimate of drug-likeness (QED) is 0.472. The van der Waals surface area contributed by atoms with Gasteiger partial charge in [0.15, 0.2) is 5.16 Å². The molecule has 1 aliphatic heterocycles. The molecule has 1 saturated heterocycles. The Morgan fingerprint density at radius 2 is 1.91 bits per heavy atom. The van der Waals surface area contributed by atoms with Crippen LogP contribution in [-0.2, 0) is 16.0 Å². The average Bonchev–Trinajstić information content (AvgIpc) is 3.34. The van der Waals surface area contributed by atoms with E-state index in [2.05, 4.69) is 68.5 Å². The summed E-state index contributed by atoms with van der Waals surface area (Å²) in [5.41, 5.74) is 1.96. The molecule has 3 aromatic rings. The van der Waals surface area contributed by atoms with Crippen LogP contribution in [-0.4, -0.2) is 51.7 Å². The Morgan fingerprint density at radius 3 is 2.58 bits per heavy atom. The molecule has 1 aromatic carbocycles. The number of amides is 1. The fourth-order valence-corrected chi connectivity index (χ4v) is 5.79. The Hall–Kier alpha value is -2.36. The molecule has 0 bridgehead atoms. The molecular formula is C24H29N5O2S2. The summed E-state index contributed by atoms with van der Waals surface area (Å²) in [6.45, 7) is 5.96. The summed E-state index contributed by atoms with van der Waals surface area (Å²) in [5, 5.41) is 14.8. The summed E-state index contributed by atoms with van der Waals surface area (Å²) in [7, 11) is 0. The Labute approximate surface area is 202 Å². The van der Waals surface area contributed by atoms with Crippen molar-refractivity contribution in [2.45, 2.75) is 56.5 Å². The molecule has 0 radical (unpaired) electrons. The van der Waals surface area contributed by atoms with Gasteiger partial charge in [-0.2, -0.15) is 0 Å². The highest BCUT2D eigenvalue weighted by Gasteiger charge is 2.30. The number of aromatic nitrogens is 3. The molecule has 0 spiro atoms. The summed E-state index contributed by atoms with van der Waals surface area (Å²) < 4.78 is 8.05. The van der Waals surface area contributed by atoms with Crippen molar-refractivity contribution in [3.8, 4) is 0 Å². The number of ether oxygens (including phenoxy) is 1. The van der Waals surface area contributed by atoms with E-state index < -0.39 is 0 Å². The van der Waals surface area contributed by atoms with Gasteiger partial charge >= 0.3 is 0 Å². The van der Waals surface area contributed by atoms with Crippen LogP contribution in [0, 0.1) is 0 Å². The highest BCUT2D eigenvalue weighted by atomic mass is 32.2. The van der Waals surface area contributed by atoms with Gasteiger partial charge in [0.1, 0.15) is 5.82 Å². The second kappa shape index (κ2) is 9.87. The summed E-state index contributed by atoms with van der Waals surface area (Å²) >= 11 is 3.20. The summed E-state index contributed by atoms with van der Waals surface area (Å²) in [5.74, 6) is 1.26. The number of carbonyl (C=O) groups is 1. The lowest BCUT2D eigenvalue weighted by Gasteiger charge is -2.36. The van der Waals surface area contributed by atoms with Gasteiger partial charge < -0.3 is 19.5 Å². The van der Waals surface area contributed by atoms with Crippen LogP contribution in [0.25, 0.3) is 0 Å². The molecule has 2 aromatic heterocycles. The number of benzene rings is 1. The van der Waals surface area contributed by atoms with Gasteiger partial charge in [-0.3, -0.25) is 4.79 Å². The first-order valence-electron chi connectivity index (χ1n) is 11.4. The Balaban J connectivity index is 1.17. The number of hydrogen-bond acceptors (Lipinski definition) is 7. The molecule has 9 heteroatoms. The second-order valence-electron chi connectivity index (χ2n) is 8.80. The maximum Gasteiger partial charge on any atom is 0.234 e. The number of anilines is 2. The van der Waals surface area contributed by atoms with Crippen molar-refractivity contribution in [3.63, 3.8) is 0 Å². The molecule has 3 heterocycles. The predicted molar refractivity (Wildman–Crippen MR) is 133 cm³/mol. The van der Waals surface area contributed by atoms with Crippen LogP contribution >= 0.6 is 23.1 Å².